The fraction of sp³-hybridized carbons (Fsp3) is 0.261. The van der Waals surface area contributed by atoms with Crippen LogP contribution in [0.25, 0.3) is 6.08 Å². The van der Waals surface area contributed by atoms with Gasteiger partial charge in [-0.2, -0.15) is 0 Å². The summed E-state index contributed by atoms with van der Waals surface area (Å²) < 4.78 is 16.3. The quantitative estimate of drug-likeness (QED) is 0.460. The second kappa shape index (κ2) is 10.3. The van der Waals surface area contributed by atoms with Gasteiger partial charge in [0.15, 0.2) is 11.5 Å². The monoisotopic (exact) mass is 439 g/mol. The minimum Gasteiger partial charge on any atom is -0.495 e. The van der Waals surface area contributed by atoms with Crippen LogP contribution in [-0.2, 0) is 9.59 Å². The number of nitrogens with one attached hydrogen (secondary N) is 2. The lowest BCUT2D eigenvalue weighted by molar-refractivity contribution is -0.127. The third kappa shape index (κ3) is 5.18. The van der Waals surface area contributed by atoms with Crippen LogP contribution in [0.3, 0.4) is 0 Å². The van der Waals surface area contributed by atoms with Gasteiger partial charge in [-0.1, -0.05) is 18.2 Å². The maximum Gasteiger partial charge on any atom is 0.329 e. The first-order chi connectivity index (χ1) is 15.5. The van der Waals surface area contributed by atoms with Gasteiger partial charge in [-0.25, -0.2) is 9.69 Å². The zero-order valence-corrected chi connectivity index (χ0v) is 18.1. The minimum atomic E-state index is -0.674. The number of carbonyl (C=O) groups is 3. The maximum absolute atomic E-state index is 12.7. The third-order valence-corrected chi connectivity index (χ3v) is 4.52. The number of hydrogen-bond acceptors (Lipinski definition) is 6. The van der Waals surface area contributed by atoms with Gasteiger partial charge in [0.1, 0.15) is 18.0 Å². The Morgan fingerprint density at radius 2 is 1.75 bits per heavy atom. The van der Waals surface area contributed by atoms with Crippen molar-refractivity contribution >= 4 is 29.6 Å². The molecular formula is C23H25N3O6. The van der Waals surface area contributed by atoms with Gasteiger partial charge in [0.2, 0.25) is 5.91 Å². The fourth-order valence-electron chi connectivity index (χ4n) is 3.12. The standard InChI is InChI=1S/C23H25N3O6/c1-4-31-19-11-10-15(13-20(19)32-5-2)12-17-22(28)26(23(29)25-17)14-21(27)24-16-8-6-7-9-18(16)30-3/h6-13H,4-5,14H2,1-3H3,(H,24,27)(H,25,29)/b17-12+. The van der Waals surface area contributed by atoms with Crippen LogP contribution in [0.15, 0.2) is 48.2 Å². The average molecular weight is 439 g/mol. The molecule has 0 unspecified atom stereocenters. The number of imide groups is 1. The Balaban J connectivity index is 1.73. The van der Waals surface area contributed by atoms with E-state index in [1.165, 1.54) is 13.2 Å². The van der Waals surface area contributed by atoms with Crippen molar-refractivity contribution in [2.45, 2.75) is 13.8 Å². The Morgan fingerprint density at radius 3 is 2.47 bits per heavy atom. The molecule has 3 rings (SSSR count). The molecule has 0 aromatic heterocycles. The number of ether oxygens (including phenoxy) is 3. The van der Waals surface area contributed by atoms with E-state index >= 15 is 0 Å². The van der Waals surface area contributed by atoms with Crippen molar-refractivity contribution in [1.82, 2.24) is 10.2 Å². The van der Waals surface area contributed by atoms with E-state index in [0.29, 0.717) is 41.7 Å². The highest BCUT2D eigenvalue weighted by Gasteiger charge is 2.35. The van der Waals surface area contributed by atoms with Gasteiger partial charge in [-0.05, 0) is 49.8 Å². The molecule has 9 nitrogen and oxygen atoms in total. The lowest BCUT2D eigenvalue weighted by Gasteiger charge is -2.13. The van der Waals surface area contributed by atoms with Gasteiger partial charge in [-0.3, -0.25) is 9.59 Å². The van der Waals surface area contributed by atoms with Crippen LogP contribution in [0.1, 0.15) is 19.4 Å². The lowest BCUT2D eigenvalue weighted by Crippen LogP contribution is -2.38. The Labute approximate surface area is 185 Å². The van der Waals surface area contributed by atoms with Crippen molar-refractivity contribution in [2.75, 3.05) is 32.2 Å². The Hall–Kier alpha value is -4.01. The van der Waals surface area contributed by atoms with Gasteiger partial charge in [0.05, 0.1) is 26.0 Å². The number of para-hydroxylation sites is 2. The van der Waals surface area contributed by atoms with Crippen LogP contribution < -0.4 is 24.8 Å². The van der Waals surface area contributed by atoms with Crippen molar-refractivity contribution in [2.24, 2.45) is 0 Å². The van der Waals surface area contributed by atoms with Crippen molar-refractivity contribution in [3.63, 3.8) is 0 Å². The summed E-state index contributed by atoms with van der Waals surface area (Å²) in [5.74, 6) is 0.469. The molecule has 168 valence electrons. The maximum atomic E-state index is 12.7. The predicted molar refractivity (Wildman–Crippen MR) is 119 cm³/mol. The molecule has 1 heterocycles. The van der Waals surface area contributed by atoms with E-state index in [1.54, 1.807) is 42.5 Å². The molecule has 4 amide bonds. The van der Waals surface area contributed by atoms with Crippen LogP contribution in [0.2, 0.25) is 0 Å². The highest BCUT2D eigenvalue weighted by Crippen LogP contribution is 2.30. The molecule has 0 saturated carbocycles. The van der Waals surface area contributed by atoms with Gasteiger partial charge in [-0.15, -0.1) is 0 Å². The minimum absolute atomic E-state index is 0.0618. The highest BCUT2D eigenvalue weighted by atomic mass is 16.5. The Morgan fingerprint density at radius 1 is 1.03 bits per heavy atom. The zero-order valence-electron chi connectivity index (χ0n) is 18.1. The van der Waals surface area contributed by atoms with Crippen molar-refractivity contribution in [1.29, 1.82) is 0 Å². The van der Waals surface area contributed by atoms with Crippen molar-refractivity contribution < 1.29 is 28.6 Å². The van der Waals surface area contributed by atoms with Crippen molar-refractivity contribution in [3.8, 4) is 17.2 Å². The highest BCUT2D eigenvalue weighted by molar-refractivity contribution is 6.16. The first-order valence-electron chi connectivity index (χ1n) is 10.1. The molecule has 0 aliphatic carbocycles. The number of urea groups is 1. The molecule has 32 heavy (non-hydrogen) atoms. The first-order valence-corrected chi connectivity index (χ1v) is 10.1. The molecule has 1 fully saturated rings. The molecule has 1 aliphatic heterocycles. The smallest absolute Gasteiger partial charge is 0.329 e. The zero-order chi connectivity index (χ0) is 23.1. The normalized spacial score (nSPS) is 14.3. The number of nitrogens with zero attached hydrogens (tertiary/aromatic N) is 1. The van der Waals surface area contributed by atoms with Crippen LogP contribution >= 0.6 is 0 Å². The average Bonchev–Trinajstić information content (AvgIpc) is 3.03. The summed E-state index contributed by atoms with van der Waals surface area (Å²) in [6.45, 7) is 4.23. The number of carbonyl (C=O) groups excluding carboxylic acids is 3. The van der Waals surface area contributed by atoms with E-state index in [0.717, 1.165) is 4.90 Å². The summed E-state index contributed by atoms with van der Waals surface area (Å²) in [5, 5.41) is 5.15. The molecule has 2 aromatic carbocycles. The summed E-state index contributed by atoms with van der Waals surface area (Å²) in [4.78, 5) is 38.3. The van der Waals surface area contributed by atoms with Gasteiger partial charge in [0.25, 0.3) is 5.91 Å². The van der Waals surface area contributed by atoms with E-state index in [-0.39, 0.29) is 5.70 Å². The molecule has 0 spiro atoms. The Kier molecular flexibility index (Phi) is 7.33. The molecular weight excluding hydrogens is 414 g/mol. The largest absolute Gasteiger partial charge is 0.495 e. The summed E-state index contributed by atoms with van der Waals surface area (Å²) in [6, 6.07) is 11.4. The number of anilines is 1. The van der Waals surface area contributed by atoms with E-state index in [9.17, 15) is 14.4 Å². The van der Waals surface area contributed by atoms with E-state index in [2.05, 4.69) is 10.6 Å². The Bertz CT molecular complexity index is 1050. The SMILES string of the molecule is CCOc1ccc(/C=C2/NC(=O)N(CC(=O)Nc3ccccc3OC)C2=O)cc1OCC. The summed E-state index contributed by atoms with van der Waals surface area (Å²) in [5.41, 5.74) is 1.15. The molecule has 1 saturated heterocycles. The van der Waals surface area contributed by atoms with Gasteiger partial charge < -0.3 is 24.8 Å². The van der Waals surface area contributed by atoms with Crippen LogP contribution in [-0.4, -0.2) is 49.6 Å². The van der Waals surface area contributed by atoms with Crippen LogP contribution in [0.4, 0.5) is 10.5 Å². The first kappa shape index (κ1) is 22.7. The summed E-state index contributed by atoms with van der Waals surface area (Å²) >= 11 is 0. The summed E-state index contributed by atoms with van der Waals surface area (Å²) in [6.07, 6.45) is 1.52. The molecule has 2 aromatic rings. The topological polar surface area (TPSA) is 106 Å². The van der Waals surface area contributed by atoms with E-state index < -0.39 is 24.4 Å². The molecule has 9 heteroatoms. The molecule has 0 atom stereocenters. The predicted octanol–water partition coefficient (Wildman–Crippen LogP) is 3.02. The number of benzene rings is 2. The number of amides is 4. The van der Waals surface area contributed by atoms with Crippen LogP contribution in [0, 0.1) is 0 Å². The fourth-order valence-corrected chi connectivity index (χ4v) is 3.12. The molecule has 1 aliphatic rings. The van der Waals surface area contributed by atoms with Crippen molar-refractivity contribution in [3.05, 3.63) is 53.7 Å². The second-order valence-corrected chi connectivity index (χ2v) is 6.70. The van der Waals surface area contributed by atoms with Crippen LogP contribution in [0.5, 0.6) is 17.2 Å². The second-order valence-electron chi connectivity index (χ2n) is 6.70. The van der Waals surface area contributed by atoms with E-state index in [1.807, 2.05) is 13.8 Å². The summed E-state index contributed by atoms with van der Waals surface area (Å²) in [7, 11) is 1.48. The lowest BCUT2D eigenvalue weighted by atomic mass is 10.1. The molecule has 0 radical (unpaired) electrons. The van der Waals surface area contributed by atoms with E-state index in [4.69, 9.17) is 14.2 Å². The third-order valence-electron chi connectivity index (χ3n) is 4.52. The van der Waals surface area contributed by atoms with Gasteiger partial charge >= 0.3 is 6.03 Å². The van der Waals surface area contributed by atoms with Gasteiger partial charge in [0, 0.05) is 0 Å². The molecule has 0 bridgehead atoms. The molecule has 2 N–H and O–H groups in total. The number of rotatable bonds is 9. The number of hydrogen-bond donors (Lipinski definition) is 2. The number of methoxy groups -OCH3 is 1.